The molecule has 0 radical (unpaired) electrons. The first kappa shape index (κ1) is 11.1. The Morgan fingerprint density at radius 1 is 1.05 bits per heavy atom. The fourth-order valence-corrected chi connectivity index (χ4v) is 3.06. The van der Waals surface area contributed by atoms with Crippen LogP contribution in [0.4, 0.5) is 0 Å². The molecule has 2 heteroatoms. The van der Waals surface area contributed by atoms with Gasteiger partial charge >= 0.3 is 0 Å². The Morgan fingerprint density at radius 2 is 2.00 bits per heavy atom. The lowest BCUT2D eigenvalue weighted by Gasteiger charge is -2.25. The number of fused-ring (bicyclic) bond motifs is 3. The highest BCUT2D eigenvalue weighted by Gasteiger charge is 2.20. The van der Waals surface area contributed by atoms with Crippen LogP contribution < -0.4 is 0 Å². The summed E-state index contributed by atoms with van der Waals surface area (Å²) >= 11 is 6.06. The van der Waals surface area contributed by atoms with Crippen molar-refractivity contribution in [2.24, 2.45) is 0 Å². The van der Waals surface area contributed by atoms with Crippen molar-refractivity contribution in [2.75, 3.05) is 0 Å². The third-order valence-electron chi connectivity index (χ3n) is 3.84. The van der Waals surface area contributed by atoms with Crippen molar-refractivity contribution in [3.63, 3.8) is 0 Å². The molecule has 2 aromatic carbocycles. The van der Waals surface area contributed by atoms with Crippen molar-refractivity contribution in [1.82, 2.24) is 0 Å². The highest BCUT2D eigenvalue weighted by atomic mass is 35.5. The summed E-state index contributed by atoms with van der Waals surface area (Å²) < 4.78 is 5.88. The van der Waals surface area contributed by atoms with Gasteiger partial charge in [-0.2, -0.15) is 0 Å². The molecular formula is C17H13ClO. The van der Waals surface area contributed by atoms with E-state index in [-0.39, 0.29) is 0 Å². The molecule has 0 amide bonds. The van der Waals surface area contributed by atoms with Crippen LogP contribution in [-0.2, 0) is 11.3 Å². The van der Waals surface area contributed by atoms with E-state index in [4.69, 9.17) is 16.3 Å². The summed E-state index contributed by atoms with van der Waals surface area (Å²) in [5, 5.41) is 3.19. The van der Waals surface area contributed by atoms with Crippen LogP contribution in [0.25, 0.3) is 16.3 Å². The maximum Gasteiger partial charge on any atom is 0.113 e. The quantitative estimate of drug-likeness (QED) is 0.647. The summed E-state index contributed by atoms with van der Waals surface area (Å²) in [4.78, 5) is 0. The van der Waals surface area contributed by atoms with E-state index in [0.29, 0.717) is 6.61 Å². The van der Waals surface area contributed by atoms with E-state index in [2.05, 4.69) is 30.4 Å². The fourth-order valence-electron chi connectivity index (χ4n) is 2.88. The summed E-state index contributed by atoms with van der Waals surface area (Å²) in [6.45, 7) is 0.671. The zero-order valence-electron chi connectivity index (χ0n) is 10.4. The van der Waals surface area contributed by atoms with Crippen LogP contribution in [0.3, 0.4) is 0 Å². The van der Waals surface area contributed by atoms with Gasteiger partial charge in [-0.15, -0.1) is 0 Å². The monoisotopic (exact) mass is 268 g/mol. The molecule has 0 bridgehead atoms. The average molecular weight is 269 g/mol. The smallest absolute Gasteiger partial charge is 0.113 e. The first-order chi connectivity index (χ1) is 9.31. The number of halogens is 1. The van der Waals surface area contributed by atoms with Crippen molar-refractivity contribution < 1.29 is 4.74 Å². The van der Waals surface area contributed by atoms with Crippen molar-refractivity contribution in [2.45, 2.75) is 19.4 Å². The van der Waals surface area contributed by atoms with Crippen molar-refractivity contribution in [3.05, 3.63) is 64.4 Å². The van der Waals surface area contributed by atoms with Crippen LogP contribution in [0, 0.1) is 0 Å². The molecule has 4 rings (SSSR count). The molecule has 0 saturated carbocycles. The Morgan fingerprint density at radius 3 is 2.95 bits per heavy atom. The minimum absolute atomic E-state index is 0.671. The number of benzene rings is 2. The predicted molar refractivity (Wildman–Crippen MR) is 79.0 cm³/mol. The molecule has 1 aliphatic heterocycles. The Kier molecular flexibility index (Phi) is 2.42. The molecule has 94 valence electrons. The Hall–Kier alpha value is -1.73. The van der Waals surface area contributed by atoms with Crippen LogP contribution in [0.1, 0.15) is 24.0 Å². The number of ether oxygens (including phenoxy) is 1. The summed E-state index contributed by atoms with van der Waals surface area (Å²) in [6, 6.07) is 10.5. The van der Waals surface area contributed by atoms with Gasteiger partial charge in [0.05, 0.1) is 0 Å². The maximum absolute atomic E-state index is 6.06. The second-order valence-electron chi connectivity index (χ2n) is 5.07. The molecule has 0 saturated heterocycles. The van der Waals surface area contributed by atoms with Crippen molar-refractivity contribution in [1.29, 1.82) is 0 Å². The molecule has 2 aliphatic rings. The lowest BCUT2D eigenvalue weighted by molar-refractivity contribution is 0.186. The molecule has 0 fully saturated rings. The second-order valence-corrected chi connectivity index (χ2v) is 5.50. The standard InChI is InChI=1S/C17H13ClO/c18-14-6-5-11-9-16-13(7-12(11)8-14)10-19-17-4-2-1-3-15(16)17/h1,3,5-9H,2,4,10H2. The van der Waals surface area contributed by atoms with Crippen molar-refractivity contribution >= 4 is 27.9 Å². The highest BCUT2D eigenvalue weighted by Crippen LogP contribution is 2.37. The second kappa shape index (κ2) is 4.14. The van der Waals surface area contributed by atoms with E-state index in [1.165, 1.54) is 27.5 Å². The third kappa shape index (κ3) is 1.77. The summed E-state index contributed by atoms with van der Waals surface area (Å²) in [5.74, 6) is 1.14. The lowest BCUT2D eigenvalue weighted by Crippen LogP contribution is -2.08. The number of rotatable bonds is 0. The van der Waals surface area contributed by atoms with Crippen LogP contribution >= 0.6 is 11.6 Å². The maximum atomic E-state index is 6.06. The van der Waals surface area contributed by atoms with Gasteiger partial charge in [-0.1, -0.05) is 29.8 Å². The normalized spacial score (nSPS) is 17.1. The predicted octanol–water partition coefficient (Wildman–Crippen LogP) is 5.08. The molecule has 19 heavy (non-hydrogen) atoms. The Balaban J connectivity index is 1.98. The van der Waals surface area contributed by atoms with Gasteiger partial charge < -0.3 is 4.74 Å². The molecule has 0 N–H and O–H groups in total. The van der Waals surface area contributed by atoms with E-state index in [1.54, 1.807) is 0 Å². The minimum Gasteiger partial charge on any atom is -0.493 e. The molecule has 0 aromatic heterocycles. The molecule has 0 spiro atoms. The van der Waals surface area contributed by atoms with Crippen LogP contribution in [-0.4, -0.2) is 0 Å². The van der Waals surface area contributed by atoms with Gasteiger partial charge in [-0.25, -0.2) is 0 Å². The molecule has 1 nitrogen and oxygen atoms in total. The van der Waals surface area contributed by atoms with Crippen LogP contribution in [0.5, 0.6) is 0 Å². The van der Waals surface area contributed by atoms with Gasteiger partial charge in [0.25, 0.3) is 0 Å². The van der Waals surface area contributed by atoms with Crippen LogP contribution in [0.15, 0.2) is 48.2 Å². The van der Waals surface area contributed by atoms with Gasteiger partial charge in [0, 0.05) is 17.0 Å². The molecule has 0 unspecified atom stereocenters. The van der Waals surface area contributed by atoms with Gasteiger partial charge in [0.15, 0.2) is 0 Å². The SMILES string of the molecule is Clc1ccc2cc3c(cc2c1)COC1=C3C=CCC1. The molecule has 0 atom stereocenters. The summed E-state index contributed by atoms with van der Waals surface area (Å²) in [7, 11) is 0. The molecular weight excluding hydrogens is 256 g/mol. The highest BCUT2D eigenvalue weighted by molar-refractivity contribution is 6.31. The van der Waals surface area contributed by atoms with Gasteiger partial charge in [-0.3, -0.25) is 0 Å². The number of hydrogen-bond acceptors (Lipinski definition) is 1. The molecule has 1 heterocycles. The van der Waals surface area contributed by atoms with E-state index in [1.807, 2.05) is 12.1 Å². The first-order valence-electron chi connectivity index (χ1n) is 6.56. The van der Waals surface area contributed by atoms with E-state index in [0.717, 1.165) is 23.6 Å². The average Bonchev–Trinajstić information content (AvgIpc) is 2.45. The zero-order chi connectivity index (χ0) is 12.8. The van der Waals surface area contributed by atoms with Crippen LogP contribution in [0.2, 0.25) is 5.02 Å². The summed E-state index contributed by atoms with van der Waals surface area (Å²) in [6.07, 6.45) is 6.52. The number of hydrogen-bond donors (Lipinski definition) is 0. The van der Waals surface area contributed by atoms with Gasteiger partial charge in [0.2, 0.25) is 0 Å². The first-order valence-corrected chi connectivity index (χ1v) is 6.94. The van der Waals surface area contributed by atoms with E-state index < -0.39 is 0 Å². The fraction of sp³-hybridized carbons (Fsp3) is 0.176. The van der Waals surface area contributed by atoms with Gasteiger partial charge in [0.1, 0.15) is 12.4 Å². The minimum atomic E-state index is 0.671. The van der Waals surface area contributed by atoms with E-state index in [9.17, 15) is 0 Å². The summed E-state index contributed by atoms with van der Waals surface area (Å²) in [5.41, 5.74) is 3.82. The third-order valence-corrected chi connectivity index (χ3v) is 4.07. The zero-order valence-corrected chi connectivity index (χ0v) is 11.2. The number of allylic oxidation sites excluding steroid dienone is 4. The molecule has 2 aromatic rings. The van der Waals surface area contributed by atoms with E-state index >= 15 is 0 Å². The van der Waals surface area contributed by atoms with Gasteiger partial charge in [-0.05, 0) is 52.6 Å². The Bertz CT molecular complexity index is 740. The topological polar surface area (TPSA) is 9.23 Å². The molecule has 1 aliphatic carbocycles. The largest absolute Gasteiger partial charge is 0.493 e. The Labute approximate surface area is 117 Å². The van der Waals surface area contributed by atoms with Crippen molar-refractivity contribution in [3.8, 4) is 0 Å². The lowest BCUT2D eigenvalue weighted by atomic mass is 9.90.